The molecule has 54 heavy (non-hydrogen) atoms. The molecule has 0 atom stereocenters. The SMILES string of the molecule is O=S(=O)(O)CCCN1/C(=C/C=C2CCC(/C=C/c3sc4ccccc4[n+]3CCCS(=O)(=O)O)=C2N(c2ccccc2)c2ccccc2)Sc2ccccc21. The lowest BCUT2D eigenvalue weighted by Crippen LogP contribution is -2.35. The third-order valence-corrected chi connectivity index (χ3v) is 13.1. The van der Waals surface area contributed by atoms with Gasteiger partial charge in [0.15, 0.2) is 6.54 Å². The van der Waals surface area contributed by atoms with E-state index in [9.17, 15) is 25.9 Å². The summed E-state index contributed by atoms with van der Waals surface area (Å²) in [5, 5.41) is 1.95. The molecule has 7 rings (SSSR count). The normalized spacial score (nSPS) is 16.4. The molecule has 2 heterocycles. The van der Waals surface area contributed by atoms with Crippen LogP contribution in [0.15, 0.2) is 154 Å². The second kappa shape index (κ2) is 16.5. The summed E-state index contributed by atoms with van der Waals surface area (Å²) in [6.45, 7) is 0.879. The zero-order valence-corrected chi connectivity index (χ0v) is 32.6. The summed E-state index contributed by atoms with van der Waals surface area (Å²) < 4.78 is 68.2. The standard InChI is InChI=1S/C41H39N3O6S4/c45-53(46,47)29-11-27-42-35-17-7-9-19-37(35)51-39(42)25-23-31-21-22-32(41(31)44(33-13-3-1-4-14-33)34-15-5-2-6-16-34)24-26-40-43(28-12-30-54(48,49)50)36-18-8-10-20-38(36)52-40/h1-10,13-20,23-26H,11-12,21-22,27-30H2,(H-,45,46,47,48,49,50)/p+1. The number of hydrogen-bond donors (Lipinski definition) is 2. The minimum Gasteiger partial charge on any atom is -0.335 e. The zero-order chi connectivity index (χ0) is 37.7. The highest BCUT2D eigenvalue weighted by Crippen LogP contribution is 2.47. The number of aryl methyl sites for hydroxylation is 1. The van der Waals surface area contributed by atoms with E-state index in [-0.39, 0.29) is 24.3 Å². The molecule has 5 aromatic rings. The van der Waals surface area contributed by atoms with Crippen LogP contribution in [0, 0.1) is 0 Å². The van der Waals surface area contributed by atoms with E-state index < -0.39 is 20.2 Å². The lowest BCUT2D eigenvalue weighted by Gasteiger charge is -2.28. The zero-order valence-electron chi connectivity index (χ0n) is 29.4. The lowest BCUT2D eigenvalue weighted by molar-refractivity contribution is -0.668. The van der Waals surface area contributed by atoms with E-state index in [0.29, 0.717) is 13.1 Å². The number of para-hydroxylation sites is 4. The summed E-state index contributed by atoms with van der Waals surface area (Å²) in [4.78, 5) is 5.50. The first-order chi connectivity index (χ1) is 26.0. The largest absolute Gasteiger partial charge is 0.335 e. The molecule has 4 aromatic carbocycles. The van der Waals surface area contributed by atoms with Crippen LogP contribution in [0.5, 0.6) is 0 Å². The molecule has 0 spiro atoms. The topological polar surface area (TPSA) is 119 Å². The molecule has 9 nitrogen and oxygen atoms in total. The Labute approximate surface area is 324 Å². The van der Waals surface area contributed by atoms with Crippen molar-refractivity contribution in [2.45, 2.75) is 37.1 Å². The van der Waals surface area contributed by atoms with Crippen molar-refractivity contribution in [1.82, 2.24) is 0 Å². The van der Waals surface area contributed by atoms with Crippen molar-refractivity contribution in [2.24, 2.45) is 0 Å². The van der Waals surface area contributed by atoms with Gasteiger partial charge in [0.05, 0.1) is 27.9 Å². The van der Waals surface area contributed by atoms with Crippen molar-refractivity contribution in [3.63, 3.8) is 0 Å². The molecule has 1 aliphatic carbocycles. The van der Waals surface area contributed by atoms with Crippen molar-refractivity contribution in [1.29, 1.82) is 0 Å². The minimum absolute atomic E-state index is 0.283. The highest BCUT2D eigenvalue weighted by molar-refractivity contribution is 8.03. The average Bonchev–Trinajstić information content (AvgIpc) is 3.83. The highest BCUT2D eigenvalue weighted by Gasteiger charge is 2.28. The maximum atomic E-state index is 11.5. The Bertz CT molecular complexity index is 2450. The van der Waals surface area contributed by atoms with Gasteiger partial charge in [-0.05, 0) is 85.0 Å². The number of rotatable bonds is 14. The third-order valence-electron chi connectivity index (χ3n) is 9.22. The number of nitrogens with zero attached hydrogens (tertiary/aromatic N) is 3. The number of allylic oxidation sites excluding steroid dienone is 5. The van der Waals surface area contributed by atoms with Gasteiger partial charge in [0.1, 0.15) is 4.70 Å². The number of aromatic nitrogens is 1. The Balaban J connectivity index is 1.32. The minimum atomic E-state index is -4.08. The van der Waals surface area contributed by atoms with E-state index in [1.54, 1.807) is 23.1 Å². The van der Waals surface area contributed by atoms with Gasteiger partial charge in [-0.15, -0.1) is 0 Å². The van der Waals surface area contributed by atoms with Gasteiger partial charge in [-0.1, -0.05) is 89.8 Å². The summed E-state index contributed by atoms with van der Waals surface area (Å²) in [6.07, 6.45) is 10.7. The first-order valence-corrected chi connectivity index (χ1v) is 22.5. The second-order valence-corrected chi connectivity index (χ2v) is 18.2. The molecule has 2 aliphatic rings. The summed E-state index contributed by atoms with van der Waals surface area (Å²) in [7, 11) is -8.15. The molecule has 0 radical (unpaired) electrons. The van der Waals surface area contributed by atoms with Crippen LogP contribution in [0.3, 0.4) is 0 Å². The summed E-state index contributed by atoms with van der Waals surface area (Å²) >= 11 is 3.28. The van der Waals surface area contributed by atoms with Crippen LogP contribution in [0.1, 0.15) is 30.7 Å². The van der Waals surface area contributed by atoms with Crippen LogP contribution in [0.4, 0.5) is 17.1 Å². The fourth-order valence-corrected chi connectivity index (χ4v) is 10.0. The van der Waals surface area contributed by atoms with Gasteiger partial charge in [-0.2, -0.15) is 21.4 Å². The molecule has 13 heteroatoms. The molecule has 0 bridgehead atoms. The Morgan fingerprint density at radius 3 is 2.06 bits per heavy atom. The lowest BCUT2D eigenvalue weighted by atomic mass is 10.1. The highest BCUT2D eigenvalue weighted by atomic mass is 32.2. The molecule has 278 valence electrons. The van der Waals surface area contributed by atoms with Gasteiger partial charge in [0, 0.05) is 41.4 Å². The Hall–Kier alpha value is -4.50. The van der Waals surface area contributed by atoms with Gasteiger partial charge in [-0.3, -0.25) is 9.11 Å². The Morgan fingerprint density at radius 2 is 1.35 bits per heavy atom. The summed E-state index contributed by atoms with van der Waals surface area (Å²) in [5.41, 5.74) is 7.40. The number of benzene rings is 4. The fourth-order valence-electron chi connectivity index (χ4n) is 6.85. The fraction of sp³-hybridized carbons (Fsp3) is 0.195. The maximum absolute atomic E-state index is 11.5. The molecule has 0 unspecified atom stereocenters. The number of hydrogen-bond acceptors (Lipinski definition) is 8. The van der Waals surface area contributed by atoms with Crippen LogP contribution >= 0.6 is 23.1 Å². The van der Waals surface area contributed by atoms with Crippen molar-refractivity contribution in [3.8, 4) is 0 Å². The average molecular weight is 799 g/mol. The van der Waals surface area contributed by atoms with Gasteiger partial charge in [-0.25, -0.2) is 0 Å². The van der Waals surface area contributed by atoms with Crippen LogP contribution in [-0.2, 0) is 26.8 Å². The number of thioether (sulfide) groups is 1. The maximum Gasteiger partial charge on any atom is 0.265 e. The molecule has 1 aromatic heterocycles. The van der Waals surface area contributed by atoms with Crippen molar-refractivity contribution in [2.75, 3.05) is 27.9 Å². The van der Waals surface area contributed by atoms with E-state index in [2.05, 4.69) is 75.1 Å². The molecule has 0 saturated heterocycles. The second-order valence-electron chi connectivity index (χ2n) is 13.0. The van der Waals surface area contributed by atoms with E-state index in [4.69, 9.17) is 0 Å². The van der Waals surface area contributed by atoms with Crippen molar-refractivity contribution < 1.29 is 30.5 Å². The third kappa shape index (κ3) is 9.06. The first kappa shape index (κ1) is 37.8. The number of fused-ring (bicyclic) bond motifs is 2. The molecule has 0 saturated carbocycles. The molecular formula is C41H40N3O6S4+. The van der Waals surface area contributed by atoms with Gasteiger partial charge >= 0.3 is 0 Å². The first-order valence-electron chi connectivity index (χ1n) is 17.6. The molecular weight excluding hydrogens is 759 g/mol. The van der Waals surface area contributed by atoms with Crippen LogP contribution in [0.2, 0.25) is 0 Å². The molecule has 0 amide bonds. The van der Waals surface area contributed by atoms with Gasteiger partial charge in [0.25, 0.3) is 25.2 Å². The van der Waals surface area contributed by atoms with Gasteiger partial charge < -0.3 is 9.80 Å². The summed E-state index contributed by atoms with van der Waals surface area (Å²) in [6, 6.07) is 36.7. The molecule has 0 fully saturated rings. The van der Waals surface area contributed by atoms with Gasteiger partial charge in [0.2, 0.25) is 5.52 Å². The predicted octanol–water partition coefficient (Wildman–Crippen LogP) is 9.02. The van der Waals surface area contributed by atoms with E-state index >= 15 is 0 Å². The molecule has 1 aliphatic heterocycles. The van der Waals surface area contributed by atoms with Crippen molar-refractivity contribution >= 4 is 76.7 Å². The Morgan fingerprint density at radius 1 is 0.722 bits per heavy atom. The Kier molecular flexibility index (Phi) is 11.5. The van der Waals surface area contributed by atoms with Crippen LogP contribution in [0.25, 0.3) is 16.3 Å². The summed E-state index contributed by atoms with van der Waals surface area (Å²) in [5.74, 6) is -0.618. The van der Waals surface area contributed by atoms with Crippen LogP contribution in [-0.4, -0.2) is 44.0 Å². The number of anilines is 3. The monoisotopic (exact) mass is 798 g/mol. The van der Waals surface area contributed by atoms with E-state index in [1.165, 1.54) is 0 Å². The predicted molar refractivity (Wildman–Crippen MR) is 220 cm³/mol. The molecule has 2 N–H and O–H groups in total. The number of thiazole rings is 1. The van der Waals surface area contributed by atoms with Crippen LogP contribution < -0.4 is 14.4 Å². The quantitative estimate of drug-likeness (QED) is 0.0838. The smallest absolute Gasteiger partial charge is 0.265 e. The van der Waals surface area contributed by atoms with Crippen molar-refractivity contribution in [3.05, 3.63) is 154 Å². The van der Waals surface area contributed by atoms with E-state index in [0.717, 1.165) is 71.9 Å². The van der Waals surface area contributed by atoms with E-state index in [1.807, 2.05) is 72.8 Å².